The molecule has 19 heavy (non-hydrogen) atoms. The van der Waals surface area contributed by atoms with Gasteiger partial charge in [0.1, 0.15) is 0 Å². The number of hydrogen-bond donors (Lipinski definition) is 0. The molecular weight excluding hydrogens is 310 g/mol. The van der Waals surface area contributed by atoms with Gasteiger partial charge in [0.15, 0.2) is 9.84 Å². The number of sulfone groups is 1. The van der Waals surface area contributed by atoms with Gasteiger partial charge < -0.3 is 0 Å². The van der Waals surface area contributed by atoms with Crippen molar-refractivity contribution in [3.63, 3.8) is 0 Å². The lowest BCUT2D eigenvalue weighted by Gasteiger charge is -2.27. The van der Waals surface area contributed by atoms with Gasteiger partial charge in [0.2, 0.25) is 10.0 Å². The number of hydrogen-bond acceptors (Lipinski definition) is 4. The summed E-state index contributed by atoms with van der Waals surface area (Å²) in [5.41, 5.74) is 0.439. The van der Waals surface area contributed by atoms with Gasteiger partial charge in [-0.3, -0.25) is 4.31 Å². The Hall–Kier alpha value is -0.790. The minimum Gasteiger partial charge on any atom is -0.266 e. The molecule has 1 saturated heterocycles. The number of rotatable bonds is 3. The Labute approximate surface area is 118 Å². The predicted octanol–water partition coefficient (Wildman–Crippen LogP) is 1.29. The van der Waals surface area contributed by atoms with Crippen LogP contribution in [0.5, 0.6) is 0 Å². The van der Waals surface area contributed by atoms with Gasteiger partial charge in [0.25, 0.3) is 0 Å². The molecule has 1 aromatic rings. The Morgan fingerprint density at radius 2 is 1.84 bits per heavy atom. The number of sulfonamides is 1. The topological polar surface area (TPSA) is 71.5 Å². The van der Waals surface area contributed by atoms with E-state index in [-0.39, 0.29) is 11.5 Å². The van der Waals surface area contributed by atoms with Crippen molar-refractivity contribution in [2.75, 3.05) is 22.1 Å². The summed E-state index contributed by atoms with van der Waals surface area (Å²) in [6.07, 6.45) is 1.39. The molecule has 0 radical (unpaired) electrons. The second-order valence-electron chi connectivity index (χ2n) is 4.59. The average Bonchev–Trinajstić information content (AvgIpc) is 2.60. The summed E-state index contributed by atoms with van der Waals surface area (Å²) in [6, 6.07) is 5.78. The normalized spacial score (nSPS) is 22.3. The van der Waals surface area contributed by atoms with Crippen molar-refractivity contribution in [3.05, 3.63) is 29.3 Å². The van der Waals surface area contributed by atoms with Crippen LogP contribution in [0.3, 0.4) is 0 Å². The molecule has 106 valence electrons. The van der Waals surface area contributed by atoms with E-state index in [4.69, 9.17) is 11.6 Å². The number of halogens is 1. The van der Waals surface area contributed by atoms with Crippen molar-refractivity contribution in [2.45, 2.75) is 12.5 Å². The minimum absolute atomic E-state index is 0.0251. The molecule has 0 amide bonds. The lowest BCUT2D eigenvalue weighted by Crippen LogP contribution is -2.40. The van der Waals surface area contributed by atoms with E-state index in [1.54, 1.807) is 24.3 Å². The Kier molecular flexibility index (Phi) is 3.81. The maximum Gasteiger partial charge on any atom is 0.232 e. The zero-order valence-corrected chi connectivity index (χ0v) is 12.7. The molecule has 0 aromatic heterocycles. The van der Waals surface area contributed by atoms with Crippen LogP contribution in [-0.4, -0.2) is 40.6 Å². The van der Waals surface area contributed by atoms with Crippen LogP contribution >= 0.6 is 11.6 Å². The highest BCUT2D eigenvalue weighted by atomic mass is 35.5. The third-order valence-corrected chi connectivity index (χ3v) is 6.20. The Morgan fingerprint density at radius 3 is 2.26 bits per heavy atom. The first-order valence-electron chi connectivity index (χ1n) is 5.64. The summed E-state index contributed by atoms with van der Waals surface area (Å²) in [5, 5.41) is 0.497. The molecular formula is C11H14ClNO4S2. The van der Waals surface area contributed by atoms with Crippen molar-refractivity contribution < 1.29 is 16.8 Å². The van der Waals surface area contributed by atoms with E-state index in [9.17, 15) is 16.8 Å². The van der Waals surface area contributed by atoms with Crippen molar-refractivity contribution in [3.8, 4) is 0 Å². The van der Waals surface area contributed by atoms with Crippen LogP contribution in [0, 0.1) is 0 Å². The van der Waals surface area contributed by atoms with Crippen LogP contribution in [0.4, 0.5) is 5.69 Å². The summed E-state index contributed by atoms with van der Waals surface area (Å²) < 4.78 is 48.0. The van der Waals surface area contributed by atoms with Gasteiger partial charge in [0, 0.05) is 5.02 Å². The van der Waals surface area contributed by atoms with Crippen LogP contribution in [0.1, 0.15) is 6.42 Å². The first kappa shape index (κ1) is 14.6. The molecule has 0 unspecified atom stereocenters. The molecule has 2 rings (SSSR count). The van der Waals surface area contributed by atoms with Gasteiger partial charge in [-0.1, -0.05) is 11.6 Å². The largest absolute Gasteiger partial charge is 0.266 e. The number of benzene rings is 1. The Bertz CT molecular complexity index is 667. The lowest BCUT2D eigenvalue weighted by atomic mass is 10.2. The zero-order valence-electron chi connectivity index (χ0n) is 10.3. The highest BCUT2D eigenvalue weighted by Gasteiger charge is 2.36. The summed E-state index contributed by atoms with van der Waals surface area (Å²) in [4.78, 5) is 0. The Morgan fingerprint density at radius 1 is 1.26 bits per heavy atom. The van der Waals surface area contributed by atoms with Crippen LogP contribution in [0.15, 0.2) is 24.3 Å². The van der Waals surface area contributed by atoms with Crippen molar-refractivity contribution >= 4 is 37.1 Å². The Balaban J connectivity index is 2.41. The van der Waals surface area contributed by atoms with Gasteiger partial charge >= 0.3 is 0 Å². The van der Waals surface area contributed by atoms with E-state index in [1.807, 2.05) is 0 Å². The van der Waals surface area contributed by atoms with Crippen molar-refractivity contribution in [1.82, 2.24) is 0 Å². The second-order valence-corrected chi connectivity index (χ2v) is 9.12. The van der Waals surface area contributed by atoms with Crippen molar-refractivity contribution in [1.29, 1.82) is 0 Å². The summed E-state index contributed by atoms with van der Waals surface area (Å²) in [6.45, 7) is 0. The van der Waals surface area contributed by atoms with E-state index in [0.29, 0.717) is 17.1 Å². The summed E-state index contributed by atoms with van der Waals surface area (Å²) in [7, 11) is -6.69. The smallest absolute Gasteiger partial charge is 0.232 e. The lowest BCUT2D eigenvalue weighted by molar-refractivity contribution is 0.586. The fourth-order valence-corrected chi connectivity index (χ4v) is 5.37. The number of anilines is 1. The predicted molar refractivity (Wildman–Crippen MR) is 75.8 cm³/mol. The molecule has 0 bridgehead atoms. The van der Waals surface area contributed by atoms with Gasteiger partial charge in [-0.05, 0) is 30.7 Å². The minimum atomic E-state index is -3.54. The van der Waals surface area contributed by atoms with E-state index in [0.717, 1.165) is 6.26 Å². The summed E-state index contributed by atoms with van der Waals surface area (Å²) >= 11 is 5.77. The molecule has 0 spiro atoms. The third-order valence-electron chi connectivity index (χ3n) is 2.98. The molecule has 1 aromatic carbocycles. The molecule has 1 aliphatic rings. The zero-order chi connectivity index (χ0) is 14.3. The SMILES string of the molecule is CS(=O)(=O)N(c1ccc(Cl)cc1)[C@@H]1CCS(=O)(=O)C1. The fourth-order valence-electron chi connectivity index (χ4n) is 2.22. The molecule has 8 heteroatoms. The second kappa shape index (κ2) is 4.96. The van der Waals surface area contributed by atoms with Crippen LogP contribution < -0.4 is 4.31 Å². The molecule has 5 nitrogen and oxygen atoms in total. The summed E-state index contributed by atoms with van der Waals surface area (Å²) in [5.74, 6) is -0.111. The highest BCUT2D eigenvalue weighted by molar-refractivity contribution is 7.93. The first-order chi connectivity index (χ1) is 8.69. The highest BCUT2D eigenvalue weighted by Crippen LogP contribution is 2.27. The maximum absolute atomic E-state index is 11.9. The van der Waals surface area contributed by atoms with Gasteiger partial charge in [-0.2, -0.15) is 0 Å². The monoisotopic (exact) mass is 323 g/mol. The third kappa shape index (κ3) is 3.40. The van der Waals surface area contributed by atoms with Gasteiger partial charge in [-0.25, -0.2) is 16.8 Å². The maximum atomic E-state index is 11.9. The van der Waals surface area contributed by atoms with Crippen LogP contribution in [0.2, 0.25) is 5.02 Å². The molecule has 1 aliphatic heterocycles. The molecule has 0 aliphatic carbocycles. The van der Waals surface area contributed by atoms with E-state index < -0.39 is 25.9 Å². The van der Waals surface area contributed by atoms with Gasteiger partial charge in [-0.15, -0.1) is 0 Å². The van der Waals surface area contributed by atoms with Gasteiger partial charge in [0.05, 0.1) is 29.5 Å². The standard InChI is InChI=1S/C11H14ClNO4S2/c1-18(14,15)13(10-4-2-9(12)3-5-10)11-6-7-19(16,17)8-11/h2-5,11H,6-8H2,1H3/t11-/m1/s1. The van der Waals surface area contributed by atoms with E-state index >= 15 is 0 Å². The molecule has 0 N–H and O–H groups in total. The fraction of sp³-hybridized carbons (Fsp3) is 0.455. The average molecular weight is 324 g/mol. The quantitative estimate of drug-likeness (QED) is 0.840. The van der Waals surface area contributed by atoms with Crippen LogP contribution in [0.25, 0.3) is 0 Å². The molecule has 0 saturated carbocycles. The molecule has 1 fully saturated rings. The first-order valence-corrected chi connectivity index (χ1v) is 9.69. The van der Waals surface area contributed by atoms with Crippen molar-refractivity contribution in [2.24, 2.45) is 0 Å². The van der Waals surface area contributed by atoms with E-state index in [1.165, 1.54) is 4.31 Å². The van der Waals surface area contributed by atoms with Crippen LogP contribution in [-0.2, 0) is 19.9 Å². The number of nitrogens with zero attached hydrogens (tertiary/aromatic N) is 1. The molecule has 1 heterocycles. The van der Waals surface area contributed by atoms with E-state index in [2.05, 4.69) is 0 Å². The molecule has 1 atom stereocenters.